The van der Waals surface area contributed by atoms with E-state index < -0.39 is 0 Å². The number of para-hydroxylation sites is 1. The molecule has 0 atom stereocenters. The van der Waals surface area contributed by atoms with Gasteiger partial charge in [-0.3, -0.25) is 9.13 Å². The van der Waals surface area contributed by atoms with Crippen molar-refractivity contribution in [3.05, 3.63) is 94.9 Å². The SMILES string of the molecule is CC=CCc1cn(CC(C)C)c(=O)n1Cc1ccc(-c2ccccc2-n2cnnn2)cc1. The molecule has 0 bridgehead atoms. The van der Waals surface area contributed by atoms with Crippen molar-refractivity contribution in [1.29, 1.82) is 0 Å². The van der Waals surface area contributed by atoms with Crippen LogP contribution in [0.1, 0.15) is 32.0 Å². The third-order valence-corrected chi connectivity index (χ3v) is 5.36. The summed E-state index contributed by atoms with van der Waals surface area (Å²) in [5.74, 6) is 0.414. The summed E-state index contributed by atoms with van der Waals surface area (Å²) in [4.78, 5) is 13.0. The van der Waals surface area contributed by atoms with Crippen LogP contribution in [0, 0.1) is 5.92 Å². The molecule has 0 amide bonds. The van der Waals surface area contributed by atoms with Crippen molar-refractivity contribution in [3.8, 4) is 16.8 Å². The van der Waals surface area contributed by atoms with Crippen LogP contribution in [0.25, 0.3) is 16.8 Å². The molecule has 0 aliphatic rings. The second-order valence-corrected chi connectivity index (χ2v) is 8.28. The summed E-state index contributed by atoms with van der Waals surface area (Å²) in [5, 5.41) is 11.5. The minimum absolute atomic E-state index is 0.0475. The number of imidazole rings is 1. The molecule has 0 aliphatic carbocycles. The first-order valence-electron chi connectivity index (χ1n) is 10.9. The molecule has 7 heteroatoms. The standard InChI is InChI=1S/C25H28N6O/c1-4-5-8-22-17-29(15-19(2)3)25(32)30(22)16-20-11-13-21(14-12-20)23-9-6-7-10-24(23)31-18-26-27-28-31/h4-7,9-14,17-19H,8,15-16H2,1-3H3. The number of aromatic nitrogens is 6. The van der Waals surface area contributed by atoms with Gasteiger partial charge in [0.25, 0.3) is 0 Å². The molecule has 0 saturated carbocycles. The van der Waals surface area contributed by atoms with Gasteiger partial charge in [0.15, 0.2) is 0 Å². The quantitative estimate of drug-likeness (QED) is 0.396. The van der Waals surface area contributed by atoms with Gasteiger partial charge >= 0.3 is 5.69 Å². The lowest BCUT2D eigenvalue weighted by Gasteiger charge is -2.10. The molecule has 0 fully saturated rings. The molecule has 0 aliphatic heterocycles. The number of hydrogen-bond acceptors (Lipinski definition) is 4. The lowest BCUT2D eigenvalue weighted by Crippen LogP contribution is -2.26. The lowest BCUT2D eigenvalue weighted by molar-refractivity contribution is 0.503. The van der Waals surface area contributed by atoms with Crippen molar-refractivity contribution < 1.29 is 0 Å². The molecule has 2 aromatic heterocycles. The zero-order valence-corrected chi connectivity index (χ0v) is 18.7. The van der Waals surface area contributed by atoms with E-state index in [-0.39, 0.29) is 5.69 Å². The molecule has 32 heavy (non-hydrogen) atoms. The normalized spacial score (nSPS) is 11.6. The third kappa shape index (κ3) is 4.61. The van der Waals surface area contributed by atoms with Crippen molar-refractivity contribution in [1.82, 2.24) is 29.3 Å². The van der Waals surface area contributed by atoms with Crippen LogP contribution in [0.15, 0.2) is 78.0 Å². The first-order chi connectivity index (χ1) is 15.6. The highest BCUT2D eigenvalue weighted by atomic mass is 16.1. The zero-order chi connectivity index (χ0) is 22.5. The number of tetrazole rings is 1. The summed E-state index contributed by atoms with van der Waals surface area (Å²) >= 11 is 0. The number of nitrogens with zero attached hydrogens (tertiary/aromatic N) is 6. The Morgan fingerprint density at radius 2 is 1.84 bits per heavy atom. The molecule has 0 spiro atoms. The largest absolute Gasteiger partial charge is 0.328 e. The molecule has 7 nitrogen and oxygen atoms in total. The van der Waals surface area contributed by atoms with Crippen LogP contribution in [0.4, 0.5) is 0 Å². The van der Waals surface area contributed by atoms with E-state index in [4.69, 9.17) is 0 Å². The molecule has 0 radical (unpaired) electrons. The van der Waals surface area contributed by atoms with Gasteiger partial charge in [-0.15, -0.1) is 5.10 Å². The average Bonchev–Trinajstić information content (AvgIpc) is 3.43. The van der Waals surface area contributed by atoms with E-state index in [1.807, 2.05) is 46.5 Å². The summed E-state index contributed by atoms with van der Waals surface area (Å²) in [6.07, 6.45) is 8.44. The number of allylic oxidation sites excluding steroid dienone is 2. The smallest absolute Gasteiger partial charge is 0.299 e. The van der Waals surface area contributed by atoms with Crippen LogP contribution in [0.2, 0.25) is 0 Å². The van der Waals surface area contributed by atoms with Gasteiger partial charge in [-0.1, -0.05) is 68.5 Å². The molecule has 2 aromatic carbocycles. The van der Waals surface area contributed by atoms with E-state index in [2.05, 4.69) is 65.8 Å². The van der Waals surface area contributed by atoms with Crippen molar-refractivity contribution in [2.24, 2.45) is 5.92 Å². The Morgan fingerprint density at radius 3 is 2.53 bits per heavy atom. The van der Waals surface area contributed by atoms with Crippen LogP contribution in [-0.4, -0.2) is 29.3 Å². The van der Waals surface area contributed by atoms with E-state index in [0.29, 0.717) is 12.5 Å². The molecule has 164 valence electrons. The Kier molecular flexibility index (Phi) is 6.44. The fourth-order valence-electron chi connectivity index (χ4n) is 3.84. The zero-order valence-electron chi connectivity index (χ0n) is 18.7. The summed E-state index contributed by atoms with van der Waals surface area (Å²) in [6, 6.07) is 16.3. The minimum atomic E-state index is 0.0475. The predicted molar refractivity (Wildman–Crippen MR) is 126 cm³/mol. The molecular formula is C25H28N6O. The highest BCUT2D eigenvalue weighted by Gasteiger charge is 2.13. The number of hydrogen-bond donors (Lipinski definition) is 0. The van der Waals surface area contributed by atoms with E-state index in [1.54, 1.807) is 11.0 Å². The molecule has 4 aromatic rings. The molecule has 0 unspecified atom stereocenters. The number of rotatable bonds is 8. The Bertz CT molecular complexity index is 1250. The lowest BCUT2D eigenvalue weighted by atomic mass is 10.0. The Balaban J connectivity index is 1.63. The fraction of sp³-hybridized carbons (Fsp3) is 0.280. The fourth-order valence-corrected chi connectivity index (χ4v) is 3.84. The first kappa shape index (κ1) is 21.5. The average molecular weight is 429 g/mol. The van der Waals surface area contributed by atoms with Crippen LogP contribution >= 0.6 is 0 Å². The minimum Gasteiger partial charge on any atom is -0.299 e. The van der Waals surface area contributed by atoms with Gasteiger partial charge in [-0.25, -0.2) is 4.79 Å². The summed E-state index contributed by atoms with van der Waals surface area (Å²) in [5.41, 5.74) is 5.19. The maximum Gasteiger partial charge on any atom is 0.328 e. The van der Waals surface area contributed by atoms with Gasteiger partial charge in [0.2, 0.25) is 0 Å². The second kappa shape index (κ2) is 9.60. The van der Waals surface area contributed by atoms with Crippen LogP contribution in [0.5, 0.6) is 0 Å². The van der Waals surface area contributed by atoms with Crippen LogP contribution in [0.3, 0.4) is 0 Å². The van der Waals surface area contributed by atoms with Gasteiger partial charge < -0.3 is 0 Å². The van der Waals surface area contributed by atoms with E-state index >= 15 is 0 Å². The van der Waals surface area contributed by atoms with Crippen LogP contribution in [-0.2, 0) is 19.5 Å². The molecule has 4 rings (SSSR count). The van der Waals surface area contributed by atoms with Gasteiger partial charge in [0.05, 0.1) is 12.2 Å². The summed E-state index contributed by atoms with van der Waals surface area (Å²) in [7, 11) is 0. The van der Waals surface area contributed by atoms with E-state index in [9.17, 15) is 4.79 Å². The monoisotopic (exact) mass is 428 g/mol. The molecule has 0 N–H and O–H groups in total. The van der Waals surface area contributed by atoms with E-state index in [1.165, 1.54) is 0 Å². The van der Waals surface area contributed by atoms with Crippen molar-refractivity contribution in [3.63, 3.8) is 0 Å². The second-order valence-electron chi connectivity index (χ2n) is 8.28. The highest BCUT2D eigenvalue weighted by Crippen LogP contribution is 2.26. The van der Waals surface area contributed by atoms with Crippen LogP contribution < -0.4 is 5.69 Å². The topological polar surface area (TPSA) is 70.5 Å². The van der Waals surface area contributed by atoms with Gasteiger partial charge in [-0.2, -0.15) is 4.68 Å². The van der Waals surface area contributed by atoms with Gasteiger partial charge in [0.1, 0.15) is 6.33 Å². The highest BCUT2D eigenvalue weighted by molar-refractivity contribution is 5.72. The third-order valence-electron chi connectivity index (χ3n) is 5.36. The molecular weight excluding hydrogens is 400 g/mol. The first-order valence-corrected chi connectivity index (χ1v) is 10.9. The van der Waals surface area contributed by atoms with Gasteiger partial charge in [-0.05, 0) is 40.5 Å². The predicted octanol–water partition coefficient (Wildman–Crippen LogP) is 4.12. The summed E-state index contributed by atoms with van der Waals surface area (Å²) in [6.45, 7) is 7.52. The maximum atomic E-state index is 13.0. The number of benzene rings is 2. The Hall–Kier alpha value is -3.74. The maximum absolute atomic E-state index is 13.0. The molecule has 2 heterocycles. The summed E-state index contributed by atoms with van der Waals surface area (Å²) < 4.78 is 5.38. The van der Waals surface area contributed by atoms with Crippen molar-refractivity contribution >= 4 is 0 Å². The van der Waals surface area contributed by atoms with Crippen molar-refractivity contribution in [2.45, 2.75) is 40.3 Å². The Labute approximate surface area is 187 Å². The van der Waals surface area contributed by atoms with Crippen molar-refractivity contribution in [2.75, 3.05) is 0 Å². The van der Waals surface area contributed by atoms with Gasteiger partial charge in [0, 0.05) is 30.4 Å². The molecule has 0 saturated heterocycles. The van der Waals surface area contributed by atoms with E-state index in [0.717, 1.165) is 41.0 Å². The Morgan fingerprint density at radius 1 is 1.06 bits per heavy atom.